The molecule has 6 nitrogen and oxygen atoms in total. The van der Waals surface area contributed by atoms with Crippen LogP contribution in [-0.4, -0.2) is 43.9 Å². The van der Waals surface area contributed by atoms with Crippen LogP contribution < -0.4 is 5.73 Å². The third kappa shape index (κ3) is 4.59. The topological polar surface area (TPSA) is 87.9 Å². The van der Waals surface area contributed by atoms with Gasteiger partial charge in [-0.05, 0) is 20.8 Å². The molecule has 0 aromatic heterocycles. The molecule has 0 fully saturated rings. The minimum Gasteiger partial charge on any atom is -0.468 e. The molecule has 0 spiro atoms. The van der Waals surface area contributed by atoms with Crippen LogP contribution in [0.15, 0.2) is 0 Å². The van der Waals surface area contributed by atoms with Crippen molar-refractivity contribution < 1.29 is 23.8 Å². The Balaban J connectivity index is 4.61. The number of methoxy groups -OCH3 is 2. The molecule has 2 unspecified atom stereocenters. The molecule has 0 aliphatic rings. The largest absolute Gasteiger partial charge is 0.468 e. The van der Waals surface area contributed by atoms with Gasteiger partial charge in [-0.25, -0.2) is 4.79 Å². The molecule has 2 atom stereocenters. The highest BCUT2D eigenvalue weighted by Crippen LogP contribution is 2.11. The molecular formula is C10H19NO5. The monoisotopic (exact) mass is 233 g/mol. The van der Waals surface area contributed by atoms with Gasteiger partial charge in [0, 0.05) is 7.11 Å². The van der Waals surface area contributed by atoms with Crippen LogP contribution >= 0.6 is 0 Å². The number of esters is 2. The van der Waals surface area contributed by atoms with Gasteiger partial charge in [0.1, 0.15) is 11.6 Å². The van der Waals surface area contributed by atoms with E-state index in [0.29, 0.717) is 0 Å². The van der Waals surface area contributed by atoms with Crippen molar-refractivity contribution >= 4 is 11.9 Å². The third-order valence-electron chi connectivity index (χ3n) is 1.69. The molecule has 0 aliphatic carbocycles. The normalized spacial score (nSPS) is 15.1. The highest BCUT2D eigenvalue weighted by Gasteiger charge is 2.34. The number of carbonyl (C=O) groups excluding carboxylic acids is 2. The maximum Gasteiger partial charge on any atom is 0.338 e. The molecule has 0 saturated carbocycles. The number of nitrogens with two attached hydrogens (primary N) is 1. The zero-order chi connectivity index (χ0) is 12.9. The van der Waals surface area contributed by atoms with E-state index in [-0.39, 0.29) is 0 Å². The quantitative estimate of drug-likeness (QED) is 0.679. The van der Waals surface area contributed by atoms with E-state index in [9.17, 15) is 9.59 Å². The van der Waals surface area contributed by atoms with Gasteiger partial charge < -0.3 is 19.9 Å². The van der Waals surface area contributed by atoms with E-state index in [0.717, 1.165) is 0 Å². The summed E-state index contributed by atoms with van der Waals surface area (Å²) in [6.07, 6.45) is -1.16. The summed E-state index contributed by atoms with van der Waals surface area (Å²) in [7, 11) is 2.46. The Labute approximate surface area is 95.0 Å². The molecule has 0 aromatic carbocycles. The fourth-order valence-corrected chi connectivity index (χ4v) is 1.01. The molecule has 0 saturated heterocycles. The van der Waals surface area contributed by atoms with Crippen LogP contribution in [0, 0.1) is 0 Å². The fraction of sp³-hybridized carbons (Fsp3) is 0.800. The van der Waals surface area contributed by atoms with Gasteiger partial charge in [0.2, 0.25) is 0 Å². The molecule has 16 heavy (non-hydrogen) atoms. The van der Waals surface area contributed by atoms with Crippen LogP contribution in [0.3, 0.4) is 0 Å². The first-order chi connectivity index (χ1) is 7.22. The average molecular weight is 233 g/mol. The van der Waals surface area contributed by atoms with Crippen LogP contribution in [-0.2, 0) is 23.8 Å². The smallest absolute Gasteiger partial charge is 0.338 e. The van der Waals surface area contributed by atoms with Gasteiger partial charge in [0.25, 0.3) is 0 Å². The van der Waals surface area contributed by atoms with Crippen LogP contribution in [0.25, 0.3) is 0 Å². The third-order valence-corrected chi connectivity index (χ3v) is 1.69. The number of hydrogen-bond donors (Lipinski definition) is 1. The summed E-state index contributed by atoms with van der Waals surface area (Å²) in [5.41, 5.74) is 4.84. The van der Waals surface area contributed by atoms with Crippen LogP contribution in [0.1, 0.15) is 20.8 Å². The Morgan fingerprint density at radius 1 is 1.12 bits per heavy atom. The Hall–Kier alpha value is -1.14. The van der Waals surface area contributed by atoms with E-state index >= 15 is 0 Å². The zero-order valence-corrected chi connectivity index (χ0v) is 10.3. The Kier molecular flexibility index (Phi) is 5.40. The van der Waals surface area contributed by atoms with Crippen LogP contribution in [0.4, 0.5) is 0 Å². The van der Waals surface area contributed by atoms with Gasteiger partial charge in [-0.3, -0.25) is 4.79 Å². The Bertz CT molecular complexity index is 258. The van der Waals surface area contributed by atoms with E-state index in [1.54, 1.807) is 20.8 Å². The first-order valence-electron chi connectivity index (χ1n) is 4.82. The number of ether oxygens (including phenoxy) is 3. The summed E-state index contributed by atoms with van der Waals surface area (Å²) < 4.78 is 14.3. The van der Waals surface area contributed by atoms with E-state index in [4.69, 9.17) is 15.2 Å². The molecule has 2 N–H and O–H groups in total. The molecule has 6 heteroatoms. The zero-order valence-electron chi connectivity index (χ0n) is 10.3. The van der Waals surface area contributed by atoms with Gasteiger partial charge in [0.05, 0.1) is 7.11 Å². The number of hydrogen-bond acceptors (Lipinski definition) is 6. The first kappa shape index (κ1) is 14.9. The van der Waals surface area contributed by atoms with E-state index in [1.807, 2.05) is 0 Å². The summed E-state index contributed by atoms with van der Waals surface area (Å²) in [6, 6.07) is -1.19. The lowest BCUT2D eigenvalue weighted by Gasteiger charge is -2.25. The van der Waals surface area contributed by atoms with Crippen molar-refractivity contribution in [2.24, 2.45) is 5.73 Å². The van der Waals surface area contributed by atoms with Crippen molar-refractivity contribution in [3.63, 3.8) is 0 Å². The molecule has 94 valence electrons. The Morgan fingerprint density at radius 2 is 1.62 bits per heavy atom. The van der Waals surface area contributed by atoms with Gasteiger partial charge in [-0.1, -0.05) is 0 Å². The second kappa shape index (κ2) is 5.81. The lowest BCUT2D eigenvalue weighted by atomic mass is 10.1. The minimum absolute atomic E-state index is 0.663. The van der Waals surface area contributed by atoms with Crippen LogP contribution in [0.2, 0.25) is 0 Å². The predicted octanol–water partition coefficient (Wildman–Crippen LogP) is -0.157. The second-order valence-corrected chi connectivity index (χ2v) is 4.24. The molecule has 0 radical (unpaired) electrons. The molecule has 0 amide bonds. The SMILES string of the molecule is COC(=O)C(N)C(OC)C(=O)OC(C)(C)C. The molecule has 0 aliphatic heterocycles. The summed E-state index contributed by atoms with van der Waals surface area (Å²) in [5, 5.41) is 0. The predicted molar refractivity (Wildman–Crippen MR) is 56.6 cm³/mol. The standard InChI is InChI=1S/C10H19NO5/c1-10(2,3)16-9(13)7(14-4)6(11)8(12)15-5/h6-7H,11H2,1-5H3. The second-order valence-electron chi connectivity index (χ2n) is 4.24. The molecule has 0 heterocycles. The molecule has 0 aromatic rings. The summed E-state index contributed by atoms with van der Waals surface area (Å²) >= 11 is 0. The van der Waals surface area contributed by atoms with Gasteiger partial charge in [-0.2, -0.15) is 0 Å². The number of rotatable bonds is 4. The minimum atomic E-state index is -1.19. The summed E-state index contributed by atoms with van der Waals surface area (Å²) in [5.74, 6) is -1.41. The highest BCUT2D eigenvalue weighted by atomic mass is 16.6. The highest BCUT2D eigenvalue weighted by molar-refractivity contribution is 5.86. The van der Waals surface area contributed by atoms with E-state index < -0.39 is 29.7 Å². The van der Waals surface area contributed by atoms with Crippen molar-refractivity contribution in [3.05, 3.63) is 0 Å². The van der Waals surface area contributed by atoms with Gasteiger partial charge in [-0.15, -0.1) is 0 Å². The number of carbonyl (C=O) groups is 2. The molecule has 0 bridgehead atoms. The van der Waals surface area contributed by atoms with Gasteiger partial charge in [0.15, 0.2) is 6.10 Å². The fourth-order valence-electron chi connectivity index (χ4n) is 1.01. The average Bonchev–Trinajstić information content (AvgIpc) is 2.14. The summed E-state index contributed by atoms with van der Waals surface area (Å²) in [6.45, 7) is 5.13. The lowest BCUT2D eigenvalue weighted by molar-refractivity contribution is -0.172. The Morgan fingerprint density at radius 3 is 1.94 bits per heavy atom. The van der Waals surface area contributed by atoms with E-state index in [1.165, 1.54) is 14.2 Å². The van der Waals surface area contributed by atoms with Crippen molar-refractivity contribution in [1.29, 1.82) is 0 Å². The van der Waals surface area contributed by atoms with Crippen LogP contribution in [0.5, 0.6) is 0 Å². The lowest BCUT2D eigenvalue weighted by Crippen LogP contribution is -2.49. The summed E-state index contributed by atoms with van der Waals surface area (Å²) in [4.78, 5) is 22.8. The molecule has 0 rings (SSSR count). The maximum atomic E-state index is 11.6. The van der Waals surface area contributed by atoms with Crippen molar-refractivity contribution in [2.45, 2.75) is 38.5 Å². The van der Waals surface area contributed by atoms with E-state index in [2.05, 4.69) is 4.74 Å². The first-order valence-corrected chi connectivity index (χ1v) is 4.82. The molecular weight excluding hydrogens is 214 g/mol. The van der Waals surface area contributed by atoms with Gasteiger partial charge >= 0.3 is 11.9 Å². The van der Waals surface area contributed by atoms with Crippen molar-refractivity contribution in [2.75, 3.05) is 14.2 Å². The van der Waals surface area contributed by atoms with Crippen molar-refractivity contribution in [3.8, 4) is 0 Å². The maximum absolute atomic E-state index is 11.6. The van der Waals surface area contributed by atoms with Crippen molar-refractivity contribution in [1.82, 2.24) is 0 Å².